The summed E-state index contributed by atoms with van der Waals surface area (Å²) in [4.78, 5) is 53.6. The fourth-order valence-corrected chi connectivity index (χ4v) is 5.77. The van der Waals surface area contributed by atoms with Crippen LogP contribution in [-0.4, -0.2) is 36.2 Å². The van der Waals surface area contributed by atoms with Crippen molar-refractivity contribution in [2.45, 2.75) is 58.6 Å². The molecule has 0 spiro atoms. The van der Waals surface area contributed by atoms with Crippen LogP contribution in [0.5, 0.6) is 0 Å². The SMILES string of the molecule is CC(=O)NCc1ccc(C(=O)C(C)OC(=O)C2CCCCC2C(=O)N2CCc3ccccc32)s1. The first kappa shape index (κ1) is 24.1. The highest BCUT2D eigenvalue weighted by molar-refractivity contribution is 7.14. The van der Waals surface area contributed by atoms with Gasteiger partial charge >= 0.3 is 5.97 Å². The topological polar surface area (TPSA) is 92.8 Å². The predicted octanol–water partition coefficient (Wildman–Crippen LogP) is 3.89. The Morgan fingerprint density at radius 1 is 1.09 bits per heavy atom. The number of thiophene rings is 1. The van der Waals surface area contributed by atoms with Crippen molar-refractivity contribution in [1.29, 1.82) is 0 Å². The zero-order valence-electron chi connectivity index (χ0n) is 19.5. The first-order chi connectivity index (χ1) is 16.3. The van der Waals surface area contributed by atoms with Crippen LogP contribution >= 0.6 is 11.3 Å². The molecule has 1 aliphatic heterocycles. The van der Waals surface area contributed by atoms with Crippen LogP contribution in [0, 0.1) is 11.8 Å². The number of anilines is 1. The number of hydrogen-bond donors (Lipinski definition) is 1. The third-order valence-electron chi connectivity index (χ3n) is 6.62. The zero-order valence-corrected chi connectivity index (χ0v) is 20.4. The van der Waals surface area contributed by atoms with E-state index in [4.69, 9.17) is 4.74 Å². The third-order valence-corrected chi connectivity index (χ3v) is 7.72. The average Bonchev–Trinajstić information content (AvgIpc) is 3.49. The van der Waals surface area contributed by atoms with E-state index in [2.05, 4.69) is 5.32 Å². The lowest BCUT2D eigenvalue weighted by molar-refractivity contribution is -0.156. The van der Waals surface area contributed by atoms with Crippen molar-refractivity contribution in [3.8, 4) is 0 Å². The van der Waals surface area contributed by atoms with E-state index >= 15 is 0 Å². The van der Waals surface area contributed by atoms with Crippen molar-refractivity contribution in [1.82, 2.24) is 5.32 Å². The lowest BCUT2D eigenvalue weighted by atomic mass is 9.78. The summed E-state index contributed by atoms with van der Waals surface area (Å²) in [6.07, 6.45) is 2.88. The van der Waals surface area contributed by atoms with E-state index in [1.54, 1.807) is 19.1 Å². The Morgan fingerprint density at radius 3 is 2.59 bits per heavy atom. The minimum Gasteiger partial charge on any atom is -0.454 e. The van der Waals surface area contributed by atoms with E-state index in [-0.39, 0.29) is 17.6 Å². The number of rotatable bonds is 7. The molecule has 34 heavy (non-hydrogen) atoms. The van der Waals surface area contributed by atoms with Crippen molar-refractivity contribution in [2.24, 2.45) is 11.8 Å². The monoisotopic (exact) mass is 482 g/mol. The van der Waals surface area contributed by atoms with Crippen LogP contribution in [-0.2, 0) is 32.1 Å². The van der Waals surface area contributed by atoms with Gasteiger partial charge in [-0.2, -0.15) is 0 Å². The molecule has 0 saturated heterocycles. The molecule has 8 heteroatoms. The predicted molar refractivity (Wildman–Crippen MR) is 130 cm³/mol. The fourth-order valence-electron chi connectivity index (χ4n) is 4.81. The van der Waals surface area contributed by atoms with Gasteiger partial charge in [0.05, 0.1) is 23.3 Å². The summed E-state index contributed by atoms with van der Waals surface area (Å²) in [7, 11) is 0. The van der Waals surface area contributed by atoms with Gasteiger partial charge in [0.1, 0.15) is 0 Å². The van der Waals surface area contributed by atoms with E-state index in [1.165, 1.54) is 18.3 Å². The molecule has 4 rings (SSSR count). The molecule has 1 saturated carbocycles. The standard InChI is InChI=1S/C26H30N2O5S/c1-16(24(30)23-12-11-19(34-23)15-27-17(2)29)33-26(32)21-9-5-4-8-20(21)25(31)28-14-13-18-7-3-6-10-22(18)28/h3,6-7,10-12,16,20-21H,4-5,8-9,13-15H2,1-2H3,(H,27,29). The lowest BCUT2D eigenvalue weighted by Crippen LogP contribution is -2.43. The summed E-state index contributed by atoms with van der Waals surface area (Å²) in [6.45, 7) is 3.99. The van der Waals surface area contributed by atoms with Gasteiger partial charge in [-0.3, -0.25) is 19.2 Å². The second-order valence-corrected chi connectivity index (χ2v) is 10.2. The molecule has 2 amide bonds. The van der Waals surface area contributed by atoms with Crippen LogP contribution in [0.2, 0.25) is 0 Å². The van der Waals surface area contributed by atoms with Crippen LogP contribution < -0.4 is 10.2 Å². The summed E-state index contributed by atoms with van der Waals surface area (Å²) < 4.78 is 5.60. The number of ether oxygens (including phenoxy) is 1. The largest absolute Gasteiger partial charge is 0.454 e. The van der Waals surface area contributed by atoms with Gasteiger partial charge in [0.25, 0.3) is 0 Å². The van der Waals surface area contributed by atoms with Gasteiger partial charge in [-0.25, -0.2) is 0 Å². The molecule has 1 aliphatic carbocycles. The Bertz CT molecular complexity index is 1090. The van der Waals surface area contributed by atoms with Crippen molar-refractivity contribution in [3.63, 3.8) is 0 Å². The number of carbonyl (C=O) groups is 4. The summed E-state index contributed by atoms with van der Waals surface area (Å²) in [6, 6.07) is 11.4. The summed E-state index contributed by atoms with van der Waals surface area (Å²) >= 11 is 1.27. The number of nitrogens with one attached hydrogen (secondary N) is 1. The number of amides is 2. The van der Waals surface area contributed by atoms with Gasteiger partial charge in [0, 0.05) is 24.0 Å². The fraction of sp³-hybridized carbons (Fsp3) is 0.462. The molecule has 2 aliphatic rings. The average molecular weight is 483 g/mol. The quantitative estimate of drug-likeness (QED) is 0.477. The first-order valence-electron chi connectivity index (χ1n) is 11.8. The number of benzene rings is 1. The molecule has 2 aromatic rings. The molecule has 3 atom stereocenters. The van der Waals surface area contributed by atoms with Gasteiger partial charge in [-0.1, -0.05) is 31.0 Å². The van der Waals surface area contributed by atoms with Gasteiger partial charge in [-0.15, -0.1) is 11.3 Å². The van der Waals surface area contributed by atoms with Crippen molar-refractivity contribution >= 4 is 40.6 Å². The number of fused-ring (bicyclic) bond motifs is 1. The number of nitrogens with zero attached hydrogens (tertiary/aromatic N) is 1. The second kappa shape index (κ2) is 10.5. The van der Waals surface area contributed by atoms with Gasteiger partial charge in [-0.05, 0) is 49.9 Å². The van der Waals surface area contributed by atoms with Crippen molar-refractivity contribution in [2.75, 3.05) is 11.4 Å². The summed E-state index contributed by atoms with van der Waals surface area (Å²) in [5, 5.41) is 2.70. The first-order valence-corrected chi connectivity index (χ1v) is 12.6. The van der Waals surface area contributed by atoms with Gasteiger partial charge < -0.3 is 15.0 Å². The van der Waals surface area contributed by atoms with Crippen molar-refractivity contribution in [3.05, 3.63) is 51.7 Å². The molecular formula is C26H30N2O5S. The van der Waals surface area contributed by atoms with Crippen LogP contribution in [0.4, 0.5) is 5.69 Å². The summed E-state index contributed by atoms with van der Waals surface area (Å²) in [5.41, 5.74) is 2.08. The molecule has 0 bridgehead atoms. The zero-order chi connectivity index (χ0) is 24.2. The highest BCUT2D eigenvalue weighted by atomic mass is 32.1. The molecule has 1 fully saturated rings. The Hall–Kier alpha value is -3.00. The van der Waals surface area contributed by atoms with Crippen molar-refractivity contribution < 1.29 is 23.9 Å². The Balaban J connectivity index is 1.40. The minimum absolute atomic E-state index is 0.0218. The number of ketones is 1. The molecule has 180 valence electrons. The highest BCUT2D eigenvalue weighted by Crippen LogP contribution is 2.36. The molecule has 1 N–H and O–H groups in total. The molecule has 3 unspecified atom stereocenters. The number of Topliss-reactive ketones (excluding diaryl/α,β-unsaturated/α-hetero) is 1. The maximum atomic E-state index is 13.5. The van der Waals surface area contributed by atoms with Gasteiger partial charge in [0.2, 0.25) is 17.6 Å². The van der Waals surface area contributed by atoms with Crippen LogP contribution in [0.1, 0.15) is 59.6 Å². The van der Waals surface area contributed by atoms with E-state index in [0.717, 1.165) is 35.4 Å². The summed E-state index contributed by atoms with van der Waals surface area (Å²) in [5.74, 6) is -1.88. The maximum absolute atomic E-state index is 13.5. The Kier molecular flexibility index (Phi) is 7.46. The van der Waals surface area contributed by atoms with Crippen LogP contribution in [0.25, 0.3) is 0 Å². The van der Waals surface area contributed by atoms with Crippen LogP contribution in [0.3, 0.4) is 0 Å². The van der Waals surface area contributed by atoms with Crippen LogP contribution in [0.15, 0.2) is 36.4 Å². The number of hydrogen-bond acceptors (Lipinski definition) is 6. The second-order valence-electron chi connectivity index (χ2n) is 8.99. The number of carbonyl (C=O) groups excluding carboxylic acids is 4. The van der Waals surface area contributed by atoms with Gasteiger partial charge in [0.15, 0.2) is 6.10 Å². The van der Waals surface area contributed by atoms with E-state index < -0.39 is 23.9 Å². The normalized spacial score (nSPS) is 20.4. The number of esters is 1. The van der Waals surface area contributed by atoms with E-state index in [0.29, 0.717) is 30.8 Å². The molecule has 1 aromatic carbocycles. The molecule has 0 radical (unpaired) electrons. The Labute approximate surface area is 203 Å². The molecule has 7 nitrogen and oxygen atoms in total. The molecule has 2 heterocycles. The number of para-hydroxylation sites is 1. The molecule has 1 aromatic heterocycles. The molecular weight excluding hydrogens is 452 g/mol. The lowest BCUT2D eigenvalue weighted by Gasteiger charge is -2.32. The third kappa shape index (κ3) is 5.22. The van der Waals surface area contributed by atoms with E-state index in [1.807, 2.05) is 29.2 Å². The minimum atomic E-state index is -0.940. The smallest absolute Gasteiger partial charge is 0.310 e. The van der Waals surface area contributed by atoms with E-state index in [9.17, 15) is 19.2 Å². The Morgan fingerprint density at radius 2 is 1.82 bits per heavy atom. The highest BCUT2D eigenvalue weighted by Gasteiger charge is 2.41. The maximum Gasteiger partial charge on any atom is 0.310 e.